The molecule has 0 amide bonds. The predicted molar refractivity (Wildman–Crippen MR) is 76.5 cm³/mol. The first-order valence-electron chi connectivity index (χ1n) is 6.53. The van der Waals surface area contributed by atoms with Gasteiger partial charge in [0.15, 0.2) is 0 Å². The number of benzene rings is 2. The van der Waals surface area contributed by atoms with Crippen molar-refractivity contribution in [2.24, 2.45) is 0 Å². The van der Waals surface area contributed by atoms with Crippen molar-refractivity contribution in [1.82, 2.24) is 0 Å². The first-order chi connectivity index (χ1) is 10.8. The predicted octanol–water partition coefficient (Wildman–Crippen LogP) is 3.89. The van der Waals surface area contributed by atoms with E-state index in [1.54, 1.807) is 24.3 Å². The zero-order valence-electron chi connectivity index (χ0n) is 12.1. The molecule has 2 aromatic carbocycles. The third-order valence-electron chi connectivity index (χ3n) is 3.03. The fourth-order valence-electron chi connectivity index (χ4n) is 2.15. The van der Waals surface area contributed by atoms with Crippen LogP contribution >= 0.6 is 0 Å². The third-order valence-corrected chi connectivity index (χ3v) is 3.03. The molecule has 0 bridgehead atoms. The first-order valence-corrected chi connectivity index (χ1v) is 6.53. The van der Waals surface area contributed by atoms with E-state index in [2.05, 4.69) is 4.74 Å². The van der Waals surface area contributed by atoms with Crippen LogP contribution in [0.5, 0.6) is 11.5 Å². The second-order valence-corrected chi connectivity index (χ2v) is 4.67. The van der Waals surface area contributed by atoms with Crippen LogP contribution in [0.4, 0.5) is 13.2 Å². The summed E-state index contributed by atoms with van der Waals surface area (Å²) in [5, 5.41) is 9.00. The lowest BCUT2D eigenvalue weighted by atomic mass is 9.97. The van der Waals surface area contributed by atoms with Crippen molar-refractivity contribution in [3.63, 3.8) is 0 Å². The monoisotopic (exact) mass is 326 g/mol. The molecule has 0 aliphatic rings. The summed E-state index contributed by atoms with van der Waals surface area (Å²) in [7, 11) is 1.44. The van der Waals surface area contributed by atoms with E-state index < -0.39 is 12.3 Å². The molecule has 0 saturated heterocycles. The zero-order valence-corrected chi connectivity index (χ0v) is 12.1. The Morgan fingerprint density at radius 2 is 1.87 bits per heavy atom. The molecule has 0 unspecified atom stereocenters. The largest absolute Gasteiger partial charge is 0.573 e. The molecule has 0 atom stereocenters. The summed E-state index contributed by atoms with van der Waals surface area (Å²) >= 11 is 0. The second-order valence-electron chi connectivity index (χ2n) is 4.67. The van der Waals surface area contributed by atoms with Crippen molar-refractivity contribution >= 4 is 5.97 Å². The Balaban J connectivity index is 2.44. The van der Waals surface area contributed by atoms with E-state index >= 15 is 0 Å². The molecule has 0 radical (unpaired) electrons. The Morgan fingerprint density at radius 3 is 2.48 bits per heavy atom. The van der Waals surface area contributed by atoms with Gasteiger partial charge < -0.3 is 14.6 Å². The van der Waals surface area contributed by atoms with E-state index in [1.807, 2.05) is 0 Å². The smallest absolute Gasteiger partial charge is 0.497 e. The molecule has 0 aliphatic carbocycles. The van der Waals surface area contributed by atoms with Gasteiger partial charge in [-0.25, -0.2) is 0 Å². The summed E-state index contributed by atoms with van der Waals surface area (Å²) < 4.78 is 45.9. The van der Waals surface area contributed by atoms with Crippen LogP contribution in [-0.4, -0.2) is 24.5 Å². The van der Waals surface area contributed by atoms with Crippen molar-refractivity contribution < 1.29 is 32.5 Å². The summed E-state index contributed by atoms with van der Waals surface area (Å²) in [4.78, 5) is 11.0. The average Bonchev–Trinajstić information content (AvgIpc) is 2.45. The van der Waals surface area contributed by atoms with Gasteiger partial charge in [-0.3, -0.25) is 4.79 Å². The van der Waals surface area contributed by atoms with Crippen LogP contribution in [0.3, 0.4) is 0 Å². The molecule has 2 aromatic rings. The van der Waals surface area contributed by atoms with Gasteiger partial charge in [0.05, 0.1) is 13.5 Å². The maximum atomic E-state index is 12.3. The summed E-state index contributed by atoms with van der Waals surface area (Å²) in [5.41, 5.74) is 1.35. The van der Waals surface area contributed by atoms with Crippen LogP contribution in [0.2, 0.25) is 0 Å². The number of carbonyl (C=O) groups is 1. The van der Waals surface area contributed by atoms with Crippen LogP contribution in [0, 0.1) is 0 Å². The third kappa shape index (κ3) is 4.64. The molecule has 0 saturated carbocycles. The minimum absolute atomic E-state index is 0.281. The number of carboxylic acids is 1. The Bertz CT molecular complexity index is 711. The number of ether oxygens (including phenoxy) is 2. The van der Waals surface area contributed by atoms with Crippen molar-refractivity contribution in [2.75, 3.05) is 7.11 Å². The SMILES string of the molecule is COc1ccc(-c2cccc(OC(F)(F)F)c2)c(CC(=O)O)c1. The maximum absolute atomic E-state index is 12.3. The van der Waals surface area contributed by atoms with Gasteiger partial charge in [0, 0.05) is 0 Å². The summed E-state index contributed by atoms with van der Waals surface area (Å²) in [5.74, 6) is -0.956. The molecular weight excluding hydrogens is 313 g/mol. The molecule has 7 heteroatoms. The van der Waals surface area contributed by atoms with E-state index in [-0.39, 0.29) is 12.2 Å². The van der Waals surface area contributed by atoms with E-state index in [4.69, 9.17) is 9.84 Å². The highest BCUT2D eigenvalue weighted by molar-refractivity contribution is 5.77. The summed E-state index contributed by atoms with van der Waals surface area (Å²) in [6.07, 6.45) is -5.07. The minimum Gasteiger partial charge on any atom is -0.497 e. The van der Waals surface area contributed by atoms with Gasteiger partial charge in [-0.2, -0.15) is 0 Å². The van der Waals surface area contributed by atoms with Gasteiger partial charge in [-0.15, -0.1) is 13.2 Å². The van der Waals surface area contributed by atoms with Gasteiger partial charge in [0.25, 0.3) is 0 Å². The average molecular weight is 326 g/mol. The lowest BCUT2D eigenvalue weighted by Gasteiger charge is -2.13. The molecule has 2 rings (SSSR count). The molecule has 23 heavy (non-hydrogen) atoms. The number of halogens is 3. The second kappa shape index (κ2) is 6.60. The van der Waals surface area contributed by atoms with Gasteiger partial charge in [-0.05, 0) is 41.0 Å². The molecule has 0 aromatic heterocycles. The summed E-state index contributed by atoms with van der Waals surface area (Å²) in [6.45, 7) is 0. The van der Waals surface area contributed by atoms with E-state index in [0.29, 0.717) is 22.4 Å². The molecule has 0 spiro atoms. The molecule has 1 N–H and O–H groups in total. The van der Waals surface area contributed by atoms with Crippen LogP contribution in [-0.2, 0) is 11.2 Å². The minimum atomic E-state index is -4.79. The lowest BCUT2D eigenvalue weighted by molar-refractivity contribution is -0.274. The first kappa shape index (κ1) is 16.7. The standard InChI is InChI=1S/C16H13F3O4/c1-22-12-5-6-14(11(8-12)9-15(20)21)10-3-2-4-13(7-10)23-16(17,18)19/h2-8H,9H2,1H3,(H,20,21). The van der Waals surface area contributed by atoms with Crippen LogP contribution in [0.25, 0.3) is 11.1 Å². The Kier molecular flexibility index (Phi) is 4.78. The molecule has 122 valence electrons. The number of methoxy groups -OCH3 is 1. The van der Waals surface area contributed by atoms with Crippen molar-refractivity contribution in [3.05, 3.63) is 48.0 Å². The normalized spacial score (nSPS) is 11.1. The van der Waals surface area contributed by atoms with Crippen molar-refractivity contribution in [1.29, 1.82) is 0 Å². The quantitative estimate of drug-likeness (QED) is 0.906. The molecule has 0 aliphatic heterocycles. The maximum Gasteiger partial charge on any atom is 0.573 e. The van der Waals surface area contributed by atoms with Gasteiger partial charge in [0.2, 0.25) is 0 Å². The van der Waals surface area contributed by atoms with Crippen LogP contribution < -0.4 is 9.47 Å². The Morgan fingerprint density at radius 1 is 1.13 bits per heavy atom. The summed E-state index contributed by atoms with van der Waals surface area (Å²) in [6, 6.07) is 10.1. The van der Waals surface area contributed by atoms with E-state index in [0.717, 1.165) is 0 Å². The topological polar surface area (TPSA) is 55.8 Å². The highest BCUT2D eigenvalue weighted by Crippen LogP contribution is 2.32. The highest BCUT2D eigenvalue weighted by atomic mass is 19.4. The van der Waals surface area contributed by atoms with E-state index in [9.17, 15) is 18.0 Å². The number of rotatable bonds is 5. The van der Waals surface area contributed by atoms with Crippen LogP contribution in [0.15, 0.2) is 42.5 Å². The fourth-order valence-corrected chi connectivity index (χ4v) is 2.15. The molecular formula is C16H13F3O4. The van der Waals surface area contributed by atoms with E-state index in [1.165, 1.54) is 25.3 Å². The molecule has 0 heterocycles. The number of hydrogen-bond acceptors (Lipinski definition) is 3. The fraction of sp³-hybridized carbons (Fsp3) is 0.188. The van der Waals surface area contributed by atoms with Gasteiger partial charge >= 0.3 is 12.3 Å². The Labute approximate surface area is 130 Å². The highest BCUT2D eigenvalue weighted by Gasteiger charge is 2.31. The molecule has 0 fully saturated rings. The number of carboxylic acid groups (broad SMARTS) is 1. The number of alkyl halides is 3. The Hall–Kier alpha value is -2.70. The van der Waals surface area contributed by atoms with Gasteiger partial charge in [0.1, 0.15) is 11.5 Å². The number of hydrogen-bond donors (Lipinski definition) is 1. The zero-order chi connectivity index (χ0) is 17.0. The lowest BCUT2D eigenvalue weighted by Crippen LogP contribution is -2.17. The van der Waals surface area contributed by atoms with Gasteiger partial charge in [-0.1, -0.05) is 18.2 Å². The molecule has 4 nitrogen and oxygen atoms in total. The van der Waals surface area contributed by atoms with Crippen LogP contribution in [0.1, 0.15) is 5.56 Å². The van der Waals surface area contributed by atoms with Crippen molar-refractivity contribution in [3.8, 4) is 22.6 Å². The van der Waals surface area contributed by atoms with Crippen molar-refractivity contribution in [2.45, 2.75) is 12.8 Å². The number of aliphatic carboxylic acids is 1.